The molecule has 10 heteroatoms. The lowest BCUT2D eigenvalue weighted by atomic mass is 9.94. The number of hydrogen-bond acceptors (Lipinski definition) is 5. The molecule has 0 unspecified atom stereocenters. The number of nitrogens with one attached hydrogen (secondary N) is 2. The van der Waals surface area contributed by atoms with Crippen molar-refractivity contribution in [1.29, 1.82) is 0 Å². The zero-order chi connectivity index (χ0) is 18.7. The van der Waals surface area contributed by atoms with E-state index in [1.54, 1.807) is 24.5 Å². The van der Waals surface area contributed by atoms with Crippen molar-refractivity contribution >= 4 is 16.1 Å². The maximum atomic E-state index is 12.2. The quantitative estimate of drug-likeness (QED) is 0.773. The Kier molecular flexibility index (Phi) is 5.44. The van der Waals surface area contributed by atoms with Crippen LogP contribution in [-0.2, 0) is 16.8 Å². The molecule has 0 bridgehead atoms. The molecule has 0 radical (unpaired) electrons. The van der Waals surface area contributed by atoms with Gasteiger partial charge in [0.05, 0.1) is 12.8 Å². The Balaban J connectivity index is 1.56. The largest absolute Gasteiger partial charge is 0.467 e. The molecule has 1 aliphatic heterocycles. The molecule has 26 heavy (non-hydrogen) atoms. The maximum absolute atomic E-state index is 12.2. The minimum Gasteiger partial charge on any atom is -0.467 e. The van der Waals surface area contributed by atoms with E-state index in [2.05, 4.69) is 15.5 Å². The van der Waals surface area contributed by atoms with Crippen molar-refractivity contribution in [3.05, 3.63) is 41.6 Å². The molecule has 0 spiro atoms. The van der Waals surface area contributed by atoms with E-state index >= 15 is 0 Å². The summed E-state index contributed by atoms with van der Waals surface area (Å²) in [4.78, 5) is 12.2. The Bertz CT molecular complexity index is 836. The number of aromatic nitrogens is 2. The van der Waals surface area contributed by atoms with Crippen LogP contribution in [0.3, 0.4) is 0 Å². The first-order valence-corrected chi connectivity index (χ1v) is 9.81. The Labute approximate surface area is 152 Å². The molecular weight excluding hydrogens is 358 g/mol. The van der Waals surface area contributed by atoms with E-state index in [-0.39, 0.29) is 11.8 Å². The van der Waals surface area contributed by atoms with Crippen molar-refractivity contribution in [2.45, 2.75) is 25.3 Å². The molecule has 1 saturated heterocycles. The fraction of sp³-hybridized carbons (Fsp3) is 0.500. The van der Waals surface area contributed by atoms with E-state index in [1.165, 1.54) is 22.7 Å². The lowest BCUT2D eigenvalue weighted by molar-refractivity contribution is 0.0943. The van der Waals surface area contributed by atoms with Gasteiger partial charge in [-0.15, -0.1) is 0 Å². The van der Waals surface area contributed by atoms with Crippen molar-refractivity contribution in [2.24, 2.45) is 0 Å². The highest BCUT2D eigenvalue weighted by molar-refractivity contribution is 7.86. The van der Waals surface area contributed by atoms with Gasteiger partial charge in [0.2, 0.25) is 0 Å². The van der Waals surface area contributed by atoms with Gasteiger partial charge in [-0.05, 0) is 31.0 Å². The van der Waals surface area contributed by atoms with Gasteiger partial charge in [0.15, 0.2) is 0 Å². The molecule has 0 aliphatic carbocycles. The summed E-state index contributed by atoms with van der Waals surface area (Å²) in [6, 6.07) is 5.28. The highest BCUT2D eigenvalue weighted by atomic mass is 32.2. The van der Waals surface area contributed by atoms with Gasteiger partial charge in [0.1, 0.15) is 11.5 Å². The molecule has 2 aromatic heterocycles. The van der Waals surface area contributed by atoms with Crippen LogP contribution in [0.4, 0.5) is 0 Å². The smallest absolute Gasteiger partial charge is 0.281 e. The third-order valence-electron chi connectivity index (χ3n) is 4.52. The minimum atomic E-state index is -3.37. The van der Waals surface area contributed by atoms with Gasteiger partial charge < -0.3 is 9.73 Å². The number of rotatable bonds is 6. The Morgan fingerprint density at radius 1 is 1.42 bits per heavy atom. The van der Waals surface area contributed by atoms with Crippen LogP contribution in [0, 0.1) is 0 Å². The number of carbonyl (C=O) groups is 1. The summed E-state index contributed by atoms with van der Waals surface area (Å²) in [6.45, 7) is 1.20. The van der Waals surface area contributed by atoms with Gasteiger partial charge in [-0.1, -0.05) is 0 Å². The van der Waals surface area contributed by atoms with Crippen LogP contribution in [0.5, 0.6) is 0 Å². The van der Waals surface area contributed by atoms with Crippen LogP contribution in [0.1, 0.15) is 40.7 Å². The zero-order valence-corrected chi connectivity index (χ0v) is 15.6. The van der Waals surface area contributed by atoms with E-state index < -0.39 is 10.2 Å². The molecule has 1 fully saturated rings. The summed E-state index contributed by atoms with van der Waals surface area (Å²) in [5, 5.41) is 9.74. The highest BCUT2D eigenvalue weighted by Crippen LogP contribution is 2.28. The maximum Gasteiger partial charge on any atom is 0.281 e. The zero-order valence-electron chi connectivity index (χ0n) is 14.8. The van der Waals surface area contributed by atoms with Crippen molar-refractivity contribution in [2.75, 3.05) is 27.2 Å². The summed E-state index contributed by atoms with van der Waals surface area (Å²) in [5.41, 5.74) is 1.17. The second kappa shape index (κ2) is 7.60. The van der Waals surface area contributed by atoms with Crippen LogP contribution in [0.25, 0.3) is 0 Å². The third-order valence-corrected chi connectivity index (χ3v) is 6.46. The topological polar surface area (TPSA) is 112 Å². The fourth-order valence-electron chi connectivity index (χ4n) is 2.96. The van der Waals surface area contributed by atoms with Crippen molar-refractivity contribution < 1.29 is 17.6 Å². The normalized spacial score (nSPS) is 16.9. The second-order valence-electron chi connectivity index (χ2n) is 6.43. The van der Waals surface area contributed by atoms with Crippen molar-refractivity contribution in [1.82, 2.24) is 24.1 Å². The van der Waals surface area contributed by atoms with Gasteiger partial charge >= 0.3 is 0 Å². The predicted molar refractivity (Wildman–Crippen MR) is 94.6 cm³/mol. The molecule has 0 aromatic carbocycles. The molecule has 2 aromatic rings. The average Bonchev–Trinajstić information content (AvgIpc) is 3.31. The Morgan fingerprint density at radius 2 is 2.15 bits per heavy atom. The van der Waals surface area contributed by atoms with Crippen LogP contribution >= 0.6 is 0 Å². The molecule has 9 nitrogen and oxygen atoms in total. The lowest BCUT2D eigenvalue weighted by Gasteiger charge is -2.32. The van der Waals surface area contributed by atoms with Crippen molar-refractivity contribution in [3.8, 4) is 0 Å². The molecule has 142 valence electrons. The average molecular weight is 381 g/mol. The lowest BCUT2D eigenvalue weighted by Crippen LogP contribution is -2.44. The number of H-pyrrole nitrogens is 1. The highest BCUT2D eigenvalue weighted by Gasteiger charge is 2.30. The molecule has 0 atom stereocenters. The Hall–Kier alpha value is -2.17. The summed E-state index contributed by atoms with van der Waals surface area (Å²) in [5.74, 6) is 0.544. The number of nitrogens with zero attached hydrogens (tertiary/aromatic N) is 3. The number of furan rings is 1. The van der Waals surface area contributed by atoms with E-state index in [9.17, 15) is 13.2 Å². The van der Waals surface area contributed by atoms with Crippen molar-refractivity contribution in [3.63, 3.8) is 0 Å². The van der Waals surface area contributed by atoms with E-state index in [0.29, 0.717) is 43.9 Å². The van der Waals surface area contributed by atoms with Gasteiger partial charge in [-0.25, -0.2) is 0 Å². The first kappa shape index (κ1) is 18.6. The first-order chi connectivity index (χ1) is 12.4. The predicted octanol–water partition coefficient (Wildman–Crippen LogP) is 0.918. The van der Waals surface area contributed by atoms with E-state index in [4.69, 9.17) is 4.42 Å². The number of carbonyl (C=O) groups excluding carboxylic acids is 1. The SMILES string of the molecule is CN(C)S(=O)(=O)N1CCC(c2cc(C(=O)NCc3ccco3)n[nH]2)CC1. The third kappa shape index (κ3) is 3.97. The van der Waals surface area contributed by atoms with Gasteiger partial charge in [0, 0.05) is 38.8 Å². The molecule has 3 rings (SSSR count). The fourth-order valence-corrected chi connectivity index (χ4v) is 4.10. The number of amides is 1. The standard InChI is InChI=1S/C16H23N5O4S/c1-20(2)26(23,24)21-7-5-12(6-8-21)14-10-15(19-18-14)16(22)17-11-13-4-3-9-25-13/h3-4,9-10,12H,5-8,11H2,1-2H3,(H,17,22)(H,18,19). The minimum absolute atomic E-state index is 0.155. The Morgan fingerprint density at radius 3 is 2.77 bits per heavy atom. The van der Waals surface area contributed by atoms with E-state index in [1.807, 2.05) is 0 Å². The molecule has 1 aliphatic rings. The van der Waals surface area contributed by atoms with Crippen LogP contribution in [0.15, 0.2) is 28.9 Å². The number of piperidine rings is 1. The summed E-state index contributed by atoms with van der Waals surface area (Å²) in [7, 11) is -0.312. The molecular formula is C16H23N5O4S. The molecule has 1 amide bonds. The van der Waals surface area contributed by atoms with Gasteiger partial charge in [0.25, 0.3) is 16.1 Å². The summed E-state index contributed by atoms with van der Waals surface area (Å²) in [6.07, 6.45) is 2.92. The molecule has 2 N–H and O–H groups in total. The number of hydrogen-bond donors (Lipinski definition) is 2. The van der Waals surface area contributed by atoms with Crippen LogP contribution in [0.2, 0.25) is 0 Å². The second-order valence-corrected chi connectivity index (χ2v) is 8.58. The first-order valence-electron chi connectivity index (χ1n) is 8.41. The number of aromatic amines is 1. The van der Waals surface area contributed by atoms with E-state index in [0.717, 1.165) is 5.69 Å². The van der Waals surface area contributed by atoms with Crippen LogP contribution < -0.4 is 5.32 Å². The van der Waals surface area contributed by atoms with Crippen LogP contribution in [-0.4, -0.2) is 60.3 Å². The molecule has 3 heterocycles. The summed E-state index contributed by atoms with van der Waals surface area (Å²) >= 11 is 0. The summed E-state index contributed by atoms with van der Waals surface area (Å²) < 4.78 is 32.2. The molecule has 0 saturated carbocycles. The van der Waals surface area contributed by atoms with Gasteiger partial charge in [-0.3, -0.25) is 9.89 Å². The van der Waals surface area contributed by atoms with Gasteiger partial charge in [-0.2, -0.15) is 22.1 Å². The monoisotopic (exact) mass is 381 g/mol.